The lowest BCUT2D eigenvalue weighted by atomic mass is 9.84. The molecule has 0 unspecified atom stereocenters. The van der Waals surface area contributed by atoms with Gasteiger partial charge in [0.05, 0.1) is 0 Å². The van der Waals surface area contributed by atoms with E-state index in [2.05, 4.69) is 30.2 Å². The zero-order chi connectivity index (χ0) is 16.4. The van der Waals surface area contributed by atoms with Crippen LogP contribution in [0.2, 0.25) is 0 Å². The summed E-state index contributed by atoms with van der Waals surface area (Å²) in [5.74, 6) is -0.543. The zero-order valence-corrected chi connectivity index (χ0v) is 13.2. The number of fused-ring (bicyclic) bond motifs is 1. The summed E-state index contributed by atoms with van der Waals surface area (Å²) in [6, 6.07) is 13.7. The topological polar surface area (TPSA) is 44.9 Å². The maximum absolute atomic E-state index is 12.9. The van der Waals surface area contributed by atoms with E-state index in [0.29, 0.717) is 12.1 Å². The number of carbonyl (C=O) groups is 1. The van der Waals surface area contributed by atoms with Crippen LogP contribution in [0.15, 0.2) is 54.7 Å². The average Bonchev–Trinajstić information content (AvgIpc) is 2.98. The number of aromatic amines is 1. The quantitative estimate of drug-likeness (QED) is 0.751. The largest absolute Gasteiger partial charge is 0.361 e. The predicted molar refractivity (Wildman–Crippen MR) is 90.1 cm³/mol. The molecule has 0 radical (unpaired) electrons. The van der Waals surface area contributed by atoms with E-state index in [1.807, 2.05) is 24.4 Å². The van der Waals surface area contributed by atoms with Gasteiger partial charge in [0, 0.05) is 34.6 Å². The highest BCUT2D eigenvalue weighted by Crippen LogP contribution is 2.29. The summed E-state index contributed by atoms with van der Waals surface area (Å²) in [6.07, 6.45) is 1.99. The molecule has 0 saturated carbocycles. The number of aromatic nitrogens is 1. The Morgan fingerprint density at radius 3 is 2.57 bits per heavy atom. The van der Waals surface area contributed by atoms with Gasteiger partial charge in [-0.05, 0) is 35.9 Å². The Labute approximate surface area is 134 Å². The summed E-state index contributed by atoms with van der Waals surface area (Å²) < 4.78 is 12.9. The van der Waals surface area contributed by atoms with Crippen LogP contribution in [-0.4, -0.2) is 17.4 Å². The molecule has 0 aliphatic rings. The lowest BCUT2D eigenvalue weighted by molar-refractivity contribution is 0.0945. The predicted octanol–water partition coefficient (Wildman–Crippen LogP) is 4.01. The summed E-state index contributed by atoms with van der Waals surface area (Å²) >= 11 is 0. The number of rotatable bonds is 4. The molecule has 2 aromatic carbocycles. The molecular formula is C19H19FN2O. The molecule has 0 saturated heterocycles. The number of benzene rings is 2. The van der Waals surface area contributed by atoms with Crippen LogP contribution in [0.5, 0.6) is 0 Å². The van der Waals surface area contributed by atoms with Gasteiger partial charge in [0.1, 0.15) is 5.82 Å². The number of H-pyrrole nitrogens is 1. The first-order valence-electron chi connectivity index (χ1n) is 7.58. The minimum atomic E-state index is -0.347. The molecule has 0 bridgehead atoms. The third kappa shape index (κ3) is 3.11. The van der Waals surface area contributed by atoms with Crippen molar-refractivity contribution in [2.45, 2.75) is 19.3 Å². The summed E-state index contributed by atoms with van der Waals surface area (Å²) in [7, 11) is 0. The summed E-state index contributed by atoms with van der Waals surface area (Å²) in [6.45, 7) is 4.67. The number of para-hydroxylation sites is 1. The molecule has 23 heavy (non-hydrogen) atoms. The highest BCUT2D eigenvalue weighted by molar-refractivity contribution is 5.94. The molecule has 0 aliphatic heterocycles. The van der Waals surface area contributed by atoms with Crippen molar-refractivity contribution in [3.05, 3.63) is 71.7 Å². The maximum Gasteiger partial charge on any atom is 0.251 e. The fourth-order valence-electron chi connectivity index (χ4n) is 2.73. The van der Waals surface area contributed by atoms with Gasteiger partial charge in [-0.15, -0.1) is 0 Å². The molecule has 3 nitrogen and oxygen atoms in total. The van der Waals surface area contributed by atoms with E-state index < -0.39 is 0 Å². The smallest absolute Gasteiger partial charge is 0.251 e. The Hall–Kier alpha value is -2.62. The summed E-state index contributed by atoms with van der Waals surface area (Å²) in [5, 5.41) is 4.10. The summed E-state index contributed by atoms with van der Waals surface area (Å²) in [5.41, 5.74) is 2.48. The number of hydrogen-bond donors (Lipinski definition) is 2. The van der Waals surface area contributed by atoms with Gasteiger partial charge in [0.25, 0.3) is 5.91 Å². The first-order chi connectivity index (χ1) is 11.0. The molecule has 4 heteroatoms. The van der Waals surface area contributed by atoms with E-state index in [1.165, 1.54) is 24.3 Å². The second-order valence-electron chi connectivity index (χ2n) is 6.32. The minimum Gasteiger partial charge on any atom is -0.361 e. The molecule has 118 valence electrons. The Balaban J connectivity index is 1.76. The van der Waals surface area contributed by atoms with Crippen LogP contribution in [0, 0.1) is 5.82 Å². The van der Waals surface area contributed by atoms with E-state index in [-0.39, 0.29) is 17.1 Å². The van der Waals surface area contributed by atoms with E-state index in [9.17, 15) is 9.18 Å². The van der Waals surface area contributed by atoms with E-state index in [1.54, 1.807) is 0 Å². The first-order valence-corrected chi connectivity index (χ1v) is 7.58. The van der Waals surface area contributed by atoms with Crippen LogP contribution in [0.1, 0.15) is 29.8 Å². The van der Waals surface area contributed by atoms with Gasteiger partial charge in [0.2, 0.25) is 0 Å². The van der Waals surface area contributed by atoms with Crippen molar-refractivity contribution >= 4 is 16.8 Å². The third-order valence-corrected chi connectivity index (χ3v) is 4.12. The molecule has 0 fully saturated rings. The monoisotopic (exact) mass is 310 g/mol. The highest BCUT2D eigenvalue weighted by atomic mass is 19.1. The number of amides is 1. The Morgan fingerprint density at radius 1 is 1.13 bits per heavy atom. The lowest BCUT2D eigenvalue weighted by Gasteiger charge is -2.25. The molecule has 0 spiro atoms. The van der Waals surface area contributed by atoms with E-state index in [4.69, 9.17) is 0 Å². The van der Waals surface area contributed by atoms with Crippen molar-refractivity contribution in [1.82, 2.24) is 10.3 Å². The summed E-state index contributed by atoms with van der Waals surface area (Å²) in [4.78, 5) is 15.5. The molecular weight excluding hydrogens is 291 g/mol. The van der Waals surface area contributed by atoms with Gasteiger partial charge in [0.15, 0.2) is 0 Å². The second-order valence-corrected chi connectivity index (χ2v) is 6.32. The molecule has 1 aromatic heterocycles. The van der Waals surface area contributed by atoms with Gasteiger partial charge < -0.3 is 10.3 Å². The van der Waals surface area contributed by atoms with Gasteiger partial charge in [-0.1, -0.05) is 32.0 Å². The molecule has 0 atom stereocenters. The van der Waals surface area contributed by atoms with Crippen LogP contribution in [0.25, 0.3) is 10.9 Å². The van der Waals surface area contributed by atoms with Crippen molar-refractivity contribution in [1.29, 1.82) is 0 Å². The number of carbonyl (C=O) groups excluding carboxylic acids is 1. The van der Waals surface area contributed by atoms with Gasteiger partial charge in [-0.25, -0.2) is 4.39 Å². The van der Waals surface area contributed by atoms with Crippen LogP contribution in [-0.2, 0) is 5.41 Å². The van der Waals surface area contributed by atoms with Crippen molar-refractivity contribution < 1.29 is 9.18 Å². The van der Waals surface area contributed by atoms with E-state index in [0.717, 1.165) is 16.5 Å². The molecule has 3 rings (SSSR count). The molecule has 3 aromatic rings. The van der Waals surface area contributed by atoms with Crippen LogP contribution in [0.3, 0.4) is 0 Å². The van der Waals surface area contributed by atoms with Crippen molar-refractivity contribution in [3.63, 3.8) is 0 Å². The first kappa shape index (κ1) is 15.3. The number of nitrogens with one attached hydrogen (secondary N) is 2. The average molecular weight is 310 g/mol. The van der Waals surface area contributed by atoms with Crippen molar-refractivity contribution in [3.8, 4) is 0 Å². The van der Waals surface area contributed by atoms with Crippen LogP contribution < -0.4 is 5.32 Å². The Bertz CT molecular complexity index is 834. The standard InChI is InChI=1S/C19H19FN2O/c1-19(2,16-11-21-17-6-4-3-5-15(16)17)12-22-18(23)13-7-9-14(20)10-8-13/h3-11,21H,12H2,1-2H3,(H,22,23). The van der Waals surface area contributed by atoms with Crippen molar-refractivity contribution in [2.75, 3.05) is 6.54 Å². The van der Waals surface area contributed by atoms with Gasteiger partial charge in [-0.3, -0.25) is 4.79 Å². The van der Waals surface area contributed by atoms with Gasteiger partial charge in [-0.2, -0.15) is 0 Å². The second kappa shape index (κ2) is 5.88. The van der Waals surface area contributed by atoms with Crippen LogP contribution in [0.4, 0.5) is 4.39 Å². The van der Waals surface area contributed by atoms with Crippen molar-refractivity contribution in [2.24, 2.45) is 0 Å². The van der Waals surface area contributed by atoms with E-state index >= 15 is 0 Å². The Morgan fingerprint density at radius 2 is 1.83 bits per heavy atom. The van der Waals surface area contributed by atoms with Gasteiger partial charge >= 0.3 is 0 Å². The molecule has 0 aliphatic carbocycles. The lowest BCUT2D eigenvalue weighted by Crippen LogP contribution is -2.36. The minimum absolute atomic E-state index is 0.196. The molecule has 1 amide bonds. The SMILES string of the molecule is CC(C)(CNC(=O)c1ccc(F)cc1)c1c[nH]c2ccccc12. The molecule has 1 heterocycles. The maximum atomic E-state index is 12.9. The number of halogens is 1. The Kier molecular flexibility index (Phi) is 3.90. The normalized spacial score (nSPS) is 11.6. The van der Waals surface area contributed by atoms with Crippen LogP contribution >= 0.6 is 0 Å². The number of hydrogen-bond acceptors (Lipinski definition) is 1. The third-order valence-electron chi connectivity index (χ3n) is 4.12. The molecule has 2 N–H and O–H groups in total. The fraction of sp³-hybridized carbons (Fsp3) is 0.211. The zero-order valence-electron chi connectivity index (χ0n) is 13.2. The fourth-order valence-corrected chi connectivity index (χ4v) is 2.73. The highest BCUT2D eigenvalue weighted by Gasteiger charge is 2.24.